The molecule has 0 aliphatic heterocycles. The van der Waals surface area contributed by atoms with Crippen LogP contribution in [0.4, 0.5) is 0 Å². The van der Waals surface area contributed by atoms with E-state index in [1.165, 1.54) is 12.1 Å². The van der Waals surface area contributed by atoms with Crippen molar-refractivity contribution < 1.29 is 13.2 Å². The van der Waals surface area contributed by atoms with E-state index in [9.17, 15) is 13.2 Å². The molecule has 0 aliphatic carbocycles. The van der Waals surface area contributed by atoms with Crippen LogP contribution in [0.1, 0.15) is 49.0 Å². The van der Waals surface area contributed by atoms with Crippen molar-refractivity contribution in [3.8, 4) is 0 Å². The number of amides is 1. The molecule has 0 fully saturated rings. The van der Waals surface area contributed by atoms with Gasteiger partial charge >= 0.3 is 0 Å². The van der Waals surface area contributed by atoms with Gasteiger partial charge in [0, 0.05) is 25.2 Å². The second-order valence-corrected chi connectivity index (χ2v) is 8.20. The number of sulfonamides is 1. The average molecular weight is 389 g/mol. The highest BCUT2D eigenvalue weighted by molar-refractivity contribution is 7.89. The first-order valence-corrected chi connectivity index (χ1v) is 10.9. The Morgan fingerprint density at radius 2 is 1.63 bits per heavy atom. The second kappa shape index (κ2) is 10.2. The molecule has 1 amide bonds. The third kappa shape index (κ3) is 6.19. The predicted molar refractivity (Wildman–Crippen MR) is 108 cm³/mol. The van der Waals surface area contributed by atoms with Crippen molar-refractivity contribution in [2.75, 3.05) is 13.1 Å². The molecule has 0 atom stereocenters. The van der Waals surface area contributed by atoms with Gasteiger partial charge in [-0.1, -0.05) is 50.1 Å². The van der Waals surface area contributed by atoms with Gasteiger partial charge in [-0.3, -0.25) is 4.79 Å². The zero-order valence-electron chi connectivity index (χ0n) is 16.0. The molecule has 27 heavy (non-hydrogen) atoms. The lowest BCUT2D eigenvalue weighted by molar-refractivity contribution is 0.0752. The van der Waals surface area contributed by atoms with Crippen LogP contribution in [0.2, 0.25) is 0 Å². The molecule has 146 valence electrons. The van der Waals surface area contributed by atoms with Crippen LogP contribution in [0.15, 0.2) is 59.5 Å². The molecule has 5 nitrogen and oxygen atoms in total. The van der Waals surface area contributed by atoms with Gasteiger partial charge in [-0.25, -0.2) is 13.1 Å². The Morgan fingerprint density at radius 3 is 2.22 bits per heavy atom. The Balaban J connectivity index is 2.05. The number of carbonyl (C=O) groups excluding carboxylic acids is 1. The molecule has 0 unspecified atom stereocenters. The minimum absolute atomic E-state index is 0.110. The van der Waals surface area contributed by atoms with Gasteiger partial charge in [-0.05, 0) is 43.2 Å². The van der Waals surface area contributed by atoms with Crippen molar-refractivity contribution in [3.05, 3.63) is 65.7 Å². The number of nitrogens with one attached hydrogen (secondary N) is 1. The zero-order valence-corrected chi connectivity index (χ0v) is 16.8. The molecule has 0 spiro atoms. The van der Waals surface area contributed by atoms with E-state index in [-0.39, 0.29) is 10.8 Å². The molecule has 0 saturated carbocycles. The molecule has 0 saturated heterocycles. The highest BCUT2D eigenvalue weighted by atomic mass is 32.2. The molecule has 0 bridgehead atoms. The molecule has 0 aromatic heterocycles. The first-order chi connectivity index (χ1) is 13.0. The van der Waals surface area contributed by atoms with E-state index in [0.717, 1.165) is 24.8 Å². The van der Waals surface area contributed by atoms with Gasteiger partial charge < -0.3 is 4.90 Å². The summed E-state index contributed by atoms with van der Waals surface area (Å²) in [6.07, 6.45) is 2.84. The van der Waals surface area contributed by atoms with E-state index >= 15 is 0 Å². The van der Waals surface area contributed by atoms with Gasteiger partial charge in [0.25, 0.3) is 5.91 Å². The standard InChI is InChI=1S/C21H28N2O3S/c1-3-5-9-16-22-27(25,26)20-14-12-19(13-15-20)21(24)23(4-2)17-18-10-7-6-8-11-18/h6-8,10-15,22H,3-5,9,16-17H2,1-2H3. The van der Waals surface area contributed by atoms with Crippen LogP contribution < -0.4 is 4.72 Å². The van der Waals surface area contributed by atoms with Crippen LogP contribution in [0.5, 0.6) is 0 Å². The molecular formula is C21H28N2O3S. The molecule has 2 aromatic carbocycles. The second-order valence-electron chi connectivity index (χ2n) is 6.43. The first kappa shape index (κ1) is 21.1. The van der Waals surface area contributed by atoms with Crippen molar-refractivity contribution in [2.45, 2.75) is 44.6 Å². The van der Waals surface area contributed by atoms with Crippen LogP contribution >= 0.6 is 0 Å². The largest absolute Gasteiger partial charge is 0.335 e. The Kier molecular flexibility index (Phi) is 8.00. The quantitative estimate of drug-likeness (QED) is 0.629. The average Bonchev–Trinajstić information content (AvgIpc) is 2.70. The number of unbranched alkanes of at least 4 members (excludes halogenated alkanes) is 2. The molecule has 2 aromatic rings. The van der Waals surface area contributed by atoms with Crippen LogP contribution in [0.25, 0.3) is 0 Å². The lowest BCUT2D eigenvalue weighted by atomic mass is 10.1. The Morgan fingerprint density at radius 1 is 0.963 bits per heavy atom. The first-order valence-electron chi connectivity index (χ1n) is 9.41. The van der Waals surface area contributed by atoms with Gasteiger partial charge in [-0.2, -0.15) is 0 Å². The molecule has 1 N–H and O–H groups in total. The summed E-state index contributed by atoms with van der Waals surface area (Å²) in [5, 5.41) is 0. The number of hydrogen-bond donors (Lipinski definition) is 1. The van der Waals surface area contributed by atoms with Crippen molar-refractivity contribution in [3.63, 3.8) is 0 Å². The lowest BCUT2D eigenvalue weighted by Gasteiger charge is -2.21. The summed E-state index contributed by atoms with van der Waals surface area (Å²) in [5.41, 5.74) is 1.54. The van der Waals surface area contributed by atoms with E-state index < -0.39 is 10.0 Å². The van der Waals surface area contributed by atoms with Crippen molar-refractivity contribution in [2.24, 2.45) is 0 Å². The maximum Gasteiger partial charge on any atom is 0.254 e. The maximum absolute atomic E-state index is 12.7. The van der Waals surface area contributed by atoms with E-state index in [0.29, 0.717) is 25.2 Å². The minimum Gasteiger partial charge on any atom is -0.335 e. The maximum atomic E-state index is 12.7. The molecule has 2 rings (SSSR count). The number of nitrogens with zero attached hydrogens (tertiary/aromatic N) is 1. The Hall–Kier alpha value is -2.18. The van der Waals surface area contributed by atoms with E-state index in [2.05, 4.69) is 11.6 Å². The number of hydrogen-bond acceptors (Lipinski definition) is 3. The number of rotatable bonds is 10. The summed E-state index contributed by atoms with van der Waals surface area (Å²) in [5.74, 6) is -0.110. The topological polar surface area (TPSA) is 66.5 Å². The monoisotopic (exact) mass is 388 g/mol. The van der Waals surface area contributed by atoms with Crippen LogP contribution in [0.3, 0.4) is 0 Å². The third-order valence-electron chi connectivity index (χ3n) is 4.37. The summed E-state index contributed by atoms with van der Waals surface area (Å²) < 4.78 is 27.2. The number of benzene rings is 2. The van der Waals surface area contributed by atoms with Gasteiger partial charge in [0.2, 0.25) is 10.0 Å². The summed E-state index contributed by atoms with van der Waals surface area (Å²) in [6, 6.07) is 15.9. The Bertz CT molecular complexity index is 818. The summed E-state index contributed by atoms with van der Waals surface area (Å²) in [7, 11) is -3.53. The SMILES string of the molecule is CCCCCNS(=O)(=O)c1ccc(C(=O)N(CC)Cc2ccccc2)cc1. The van der Waals surface area contributed by atoms with Gasteiger partial charge in [0.05, 0.1) is 4.90 Å². The van der Waals surface area contributed by atoms with Gasteiger partial charge in [0.15, 0.2) is 0 Å². The van der Waals surface area contributed by atoms with Crippen LogP contribution in [0, 0.1) is 0 Å². The zero-order chi connectivity index (χ0) is 19.7. The van der Waals surface area contributed by atoms with E-state index in [1.54, 1.807) is 17.0 Å². The van der Waals surface area contributed by atoms with Crippen molar-refractivity contribution in [1.82, 2.24) is 9.62 Å². The Labute approximate surface area is 162 Å². The highest BCUT2D eigenvalue weighted by Crippen LogP contribution is 2.14. The van der Waals surface area contributed by atoms with Crippen molar-refractivity contribution >= 4 is 15.9 Å². The lowest BCUT2D eigenvalue weighted by Crippen LogP contribution is -2.30. The normalized spacial score (nSPS) is 11.3. The fourth-order valence-corrected chi connectivity index (χ4v) is 3.83. The number of carbonyl (C=O) groups is 1. The fraction of sp³-hybridized carbons (Fsp3) is 0.381. The fourth-order valence-electron chi connectivity index (χ4n) is 2.76. The van der Waals surface area contributed by atoms with Crippen LogP contribution in [-0.4, -0.2) is 32.3 Å². The minimum atomic E-state index is -3.53. The van der Waals surface area contributed by atoms with Crippen molar-refractivity contribution in [1.29, 1.82) is 0 Å². The van der Waals surface area contributed by atoms with Gasteiger partial charge in [0.1, 0.15) is 0 Å². The summed E-state index contributed by atoms with van der Waals surface area (Å²) in [6.45, 7) is 5.53. The highest BCUT2D eigenvalue weighted by Gasteiger charge is 2.17. The molecule has 0 heterocycles. The molecular weight excluding hydrogens is 360 g/mol. The summed E-state index contributed by atoms with van der Waals surface area (Å²) >= 11 is 0. The third-order valence-corrected chi connectivity index (χ3v) is 5.85. The summed E-state index contributed by atoms with van der Waals surface area (Å²) in [4.78, 5) is 14.7. The van der Waals surface area contributed by atoms with E-state index in [4.69, 9.17) is 0 Å². The van der Waals surface area contributed by atoms with E-state index in [1.807, 2.05) is 37.3 Å². The predicted octanol–water partition coefficient (Wildman–Crippen LogP) is 3.82. The molecule has 0 radical (unpaired) electrons. The molecule has 0 aliphatic rings. The molecule has 6 heteroatoms. The smallest absolute Gasteiger partial charge is 0.254 e. The van der Waals surface area contributed by atoms with Crippen LogP contribution in [-0.2, 0) is 16.6 Å². The van der Waals surface area contributed by atoms with Gasteiger partial charge in [-0.15, -0.1) is 0 Å².